The monoisotopic (exact) mass is 459 g/mol. The van der Waals surface area contributed by atoms with Gasteiger partial charge in [0.15, 0.2) is 0 Å². The highest BCUT2D eigenvalue weighted by atomic mass is 32.2. The summed E-state index contributed by atoms with van der Waals surface area (Å²) in [4.78, 5) is 24.3. The average Bonchev–Trinajstić information content (AvgIpc) is 3.33. The summed E-state index contributed by atoms with van der Waals surface area (Å²) in [5, 5.41) is 15.0. The number of hydrogen-bond acceptors (Lipinski definition) is 5. The zero-order valence-electron chi connectivity index (χ0n) is 17.9. The van der Waals surface area contributed by atoms with Gasteiger partial charge in [-0.25, -0.2) is 8.42 Å². The third-order valence-corrected chi connectivity index (χ3v) is 7.25. The van der Waals surface area contributed by atoms with E-state index in [0.29, 0.717) is 55.9 Å². The van der Waals surface area contributed by atoms with Gasteiger partial charge in [0, 0.05) is 38.2 Å². The van der Waals surface area contributed by atoms with Crippen molar-refractivity contribution in [1.29, 1.82) is 0 Å². The van der Waals surface area contributed by atoms with Crippen LogP contribution in [-0.4, -0.2) is 55.8 Å². The Kier molecular flexibility index (Phi) is 8.24. The van der Waals surface area contributed by atoms with E-state index in [1.54, 1.807) is 36.4 Å². The van der Waals surface area contributed by atoms with E-state index in [2.05, 4.69) is 10.6 Å². The molecule has 3 N–H and O–H groups in total. The highest BCUT2D eigenvalue weighted by molar-refractivity contribution is 7.89. The average molecular weight is 460 g/mol. The van der Waals surface area contributed by atoms with Gasteiger partial charge >= 0.3 is 0 Å². The lowest BCUT2D eigenvalue weighted by atomic mass is 10.1. The Morgan fingerprint density at radius 2 is 1.66 bits per heavy atom. The Labute approximate surface area is 188 Å². The maximum Gasteiger partial charge on any atom is 0.251 e. The zero-order valence-corrected chi connectivity index (χ0v) is 18.7. The van der Waals surface area contributed by atoms with Crippen molar-refractivity contribution in [2.75, 3.05) is 26.2 Å². The topological polar surface area (TPSA) is 116 Å². The van der Waals surface area contributed by atoms with Crippen LogP contribution in [0.3, 0.4) is 0 Å². The molecule has 0 aliphatic carbocycles. The minimum atomic E-state index is -3.42. The first kappa shape index (κ1) is 23.7. The van der Waals surface area contributed by atoms with Gasteiger partial charge in [-0.15, -0.1) is 0 Å². The van der Waals surface area contributed by atoms with E-state index in [4.69, 9.17) is 0 Å². The Bertz CT molecular complexity index is 1030. The Morgan fingerprint density at radius 3 is 2.34 bits per heavy atom. The molecule has 1 saturated heterocycles. The van der Waals surface area contributed by atoms with Gasteiger partial charge in [-0.05, 0) is 61.6 Å². The fraction of sp³-hybridized carbons (Fsp3) is 0.391. The van der Waals surface area contributed by atoms with Crippen LogP contribution in [0, 0.1) is 0 Å². The van der Waals surface area contributed by atoms with Crippen LogP contribution < -0.4 is 10.6 Å². The van der Waals surface area contributed by atoms with E-state index in [-0.39, 0.29) is 17.6 Å². The largest absolute Gasteiger partial charge is 0.508 e. The van der Waals surface area contributed by atoms with Crippen LogP contribution in [0.2, 0.25) is 0 Å². The maximum absolute atomic E-state index is 12.5. The first-order valence-electron chi connectivity index (χ1n) is 10.8. The number of amides is 2. The lowest BCUT2D eigenvalue weighted by Gasteiger charge is -2.15. The molecule has 0 saturated carbocycles. The number of carbonyl (C=O) groups is 2. The van der Waals surface area contributed by atoms with Crippen molar-refractivity contribution in [3.05, 3.63) is 59.7 Å². The molecule has 8 nitrogen and oxygen atoms in total. The van der Waals surface area contributed by atoms with E-state index < -0.39 is 10.0 Å². The second kappa shape index (κ2) is 11.1. The van der Waals surface area contributed by atoms with E-state index >= 15 is 0 Å². The van der Waals surface area contributed by atoms with Crippen molar-refractivity contribution >= 4 is 21.8 Å². The number of phenolic OH excluding ortho intramolecular Hbond substituents is 1. The van der Waals surface area contributed by atoms with Crippen LogP contribution >= 0.6 is 0 Å². The molecular formula is C23H29N3O5S. The molecule has 2 aromatic carbocycles. The summed E-state index contributed by atoms with van der Waals surface area (Å²) in [6.07, 6.45) is 3.20. The summed E-state index contributed by atoms with van der Waals surface area (Å²) in [5.74, 6) is -0.340. The lowest BCUT2D eigenvalue weighted by molar-refractivity contribution is -0.121. The number of sulfonamides is 1. The van der Waals surface area contributed by atoms with Crippen molar-refractivity contribution in [2.45, 2.75) is 37.0 Å². The molecule has 9 heteroatoms. The minimum Gasteiger partial charge on any atom is -0.508 e. The fourth-order valence-corrected chi connectivity index (χ4v) is 5.04. The molecular weight excluding hydrogens is 430 g/mol. The van der Waals surface area contributed by atoms with Gasteiger partial charge in [0.05, 0.1) is 4.90 Å². The van der Waals surface area contributed by atoms with Gasteiger partial charge in [-0.2, -0.15) is 4.31 Å². The third-order valence-electron chi connectivity index (χ3n) is 5.34. The fourth-order valence-electron chi connectivity index (χ4n) is 3.52. The molecule has 172 valence electrons. The summed E-state index contributed by atoms with van der Waals surface area (Å²) in [5.41, 5.74) is 1.28. The number of carbonyl (C=O) groups excluding carboxylic acids is 2. The van der Waals surface area contributed by atoms with Crippen LogP contribution in [0.15, 0.2) is 53.4 Å². The highest BCUT2D eigenvalue weighted by Crippen LogP contribution is 2.21. The van der Waals surface area contributed by atoms with Gasteiger partial charge in [-0.3, -0.25) is 9.59 Å². The maximum atomic E-state index is 12.5. The van der Waals surface area contributed by atoms with E-state index in [1.165, 1.54) is 16.4 Å². The molecule has 1 heterocycles. The first-order valence-corrected chi connectivity index (χ1v) is 12.2. The molecule has 3 rings (SSSR count). The van der Waals surface area contributed by atoms with Crippen LogP contribution in [0.4, 0.5) is 0 Å². The highest BCUT2D eigenvalue weighted by Gasteiger charge is 2.26. The predicted octanol–water partition coefficient (Wildman–Crippen LogP) is 2.05. The number of aryl methyl sites for hydroxylation is 1. The third kappa shape index (κ3) is 6.54. The zero-order chi connectivity index (χ0) is 23.0. The number of hydrogen-bond donors (Lipinski definition) is 3. The number of benzene rings is 2. The number of phenols is 1. The lowest BCUT2D eigenvalue weighted by Crippen LogP contribution is -2.30. The Balaban J connectivity index is 1.34. The number of rotatable bonds is 10. The first-order chi connectivity index (χ1) is 15.4. The van der Waals surface area contributed by atoms with Crippen molar-refractivity contribution in [1.82, 2.24) is 14.9 Å². The molecule has 1 aliphatic rings. The summed E-state index contributed by atoms with van der Waals surface area (Å²) in [6, 6.07) is 12.8. The second-order valence-corrected chi connectivity index (χ2v) is 9.70. The molecule has 1 fully saturated rings. The van der Waals surface area contributed by atoms with Crippen LogP contribution in [0.5, 0.6) is 5.75 Å². The van der Waals surface area contributed by atoms with E-state index in [9.17, 15) is 23.1 Å². The second-order valence-electron chi connectivity index (χ2n) is 7.76. The van der Waals surface area contributed by atoms with E-state index in [1.807, 2.05) is 0 Å². The summed E-state index contributed by atoms with van der Waals surface area (Å²) in [7, 11) is -3.42. The standard InChI is InChI=1S/C23H29N3O5S/c27-20-6-3-5-19(17-20)23(29)25-14-4-13-24-22(28)12-9-18-7-10-21(11-8-18)32(30,31)26-15-1-2-16-26/h3,5-8,10-11,17,27H,1-2,4,9,12-16H2,(H,24,28)(H,25,29). The van der Waals surface area contributed by atoms with Gasteiger partial charge in [0.2, 0.25) is 15.9 Å². The van der Waals surface area contributed by atoms with Crippen LogP contribution in [-0.2, 0) is 21.2 Å². The number of nitrogens with zero attached hydrogens (tertiary/aromatic N) is 1. The van der Waals surface area contributed by atoms with Gasteiger partial charge < -0.3 is 15.7 Å². The van der Waals surface area contributed by atoms with Gasteiger partial charge in [-0.1, -0.05) is 18.2 Å². The smallest absolute Gasteiger partial charge is 0.251 e. The van der Waals surface area contributed by atoms with Crippen molar-refractivity contribution < 1.29 is 23.1 Å². The quantitative estimate of drug-likeness (QED) is 0.470. The predicted molar refractivity (Wildman–Crippen MR) is 121 cm³/mol. The normalized spacial score (nSPS) is 14.2. The van der Waals surface area contributed by atoms with Crippen molar-refractivity contribution in [3.63, 3.8) is 0 Å². The van der Waals surface area contributed by atoms with Gasteiger partial charge in [0.1, 0.15) is 5.75 Å². The molecule has 0 bridgehead atoms. The summed E-state index contributed by atoms with van der Waals surface area (Å²) in [6.45, 7) is 1.99. The van der Waals surface area contributed by atoms with Crippen LogP contribution in [0.1, 0.15) is 41.6 Å². The van der Waals surface area contributed by atoms with Crippen molar-refractivity contribution in [2.24, 2.45) is 0 Å². The molecule has 0 radical (unpaired) electrons. The molecule has 1 aliphatic heterocycles. The Morgan fingerprint density at radius 1 is 0.969 bits per heavy atom. The summed E-state index contributed by atoms with van der Waals surface area (Å²) < 4.78 is 26.6. The number of nitrogens with one attached hydrogen (secondary N) is 2. The van der Waals surface area contributed by atoms with Crippen LogP contribution in [0.25, 0.3) is 0 Å². The molecule has 0 unspecified atom stereocenters. The minimum absolute atomic E-state index is 0.0350. The Hall–Kier alpha value is -2.91. The summed E-state index contributed by atoms with van der Waals surface area (Å²) >= 11 is 0. The van der Waals surface area contributed by atoms with Crippen molar-refractivity contribution in [3.8, 4) is 5.75 Å². The van der Waals surface area contributed by atoms with Gasteiger partial charge in [0.25, 0.3) is 5.91 Å². The molecule has 0 atom stereocenters. The number of aromatic hydroxyl groups is 1. The molecule has 32 heavy (non-hydrogen) atoms. The SMILES string of the molecule is O=C(CCc1ccc(S(=O)(=O)N2CCCC2)cc1)NCCCNC(=O)c1cccc(O)c1. The molecule has 2 amide bonds. The molecule has 2 aromatic rings. The molecule has 0 spiro atoms. The molecule has 0 aromatic heterocycles. The van der Waals surface area contributed by atoms with E-state index in [0.717, 1.165) is 18.4 Å².